The summed E-state index contributed by atoms with van der Waals surface area (Å²) in [7, 11) is 1.19. The minimum absolute atomic E-state index is 0.304. The molecular weight excluding hydrogens is 228 g/mol. The van der Waals surface area contributed by atoms with Crippen molar-refractivity contribution < 1.29 is 28.6 Å². The quantitative estimate of drug-likeness (QED) is 0.404. The molecule has 0 aromatic carbocycles. The first-order valence-corrected chi connectivity index (χ1v) is 5.04. The molecule has 0 aromatic rings. The molecule has 1 atom stereocenters. The molecule has 0 spiro atoms. The average molecular weight is 244 g/mol. The molecular formula is C11H16O6. The molecule has 17 heavy (non-hydrogen) atoms. The van der Waals surface area contributed by atoms with E-state index in [0.717, 1.165) is 12.2 Å². The molecule has 0 bridgehead atoms. The van der Waals surface area contributed by atoms with E-state index in [2.05, 4.69) is 9.47 Å². The summed E-state index contributed by atoms with van der Waals surface area (Å²) in [5, 5.41) is 0. The zero-order valence-corrected chi connectivity index (χ0v) is 10.3. The van der Waals surface area contributed by atoms with Crippen LogP contribution in [0, 0.1) is 5.92 Å². The van der Waals surface area contributed by atoms with Crippen LogP contribution in [0.3, 0.4) is 0 Å². The van der Waals surface area contributed by atoms with E-state index in [4.69, 9.17) is 4.74 Å². The van der Waals surface area contributed by atoms with Gasteiger partial charge in [-0.1, -0.05) is 13.8 Å². The van der Waals surface area contributed by atoms with Gasteiger partial charge in [-0.2, -0.15) is 0 Å². The molecule has 0 fully saturated rings. The molecule has 1 unspecified atom stereocenters. The van der Waals surface area contributed by atoms with Crippen LogP contribution in [0.2, 0.25) is 0 Å². The predicted molar refractivity (Wildman–Crippen MR) is 57.6 cm³/mol. The minimum atomic E-state index is -1.00. The molecule has 0 saturated heterocycles. The topological polar surface area (TPSA) is 78.9 Å². The van der Waals surface area contributed by atoms with Gasteiger partial charge in [0.05, 0.1) is 13.0 Å². The zero-order valence-electron chi connectivity index (χ0n) is 10.3. The average Bonchev–Trinajstić information content (AvgIpc) is 2.25. The molecule has 0 aliphatic rings. The highest BCUT2D eigenvalue weighted by atomic mass is 16.7. The fourth-order valence-electron chi connectivity index (χ4n) is 0.731. The van der Waals surface area contributed by atoms with E-state index in [1.807, 2.05) is 0 Å². The Bertz CT molecular complexity index is 318. The third kappa shape index (κ3) is 7.10. The molecule has 96 valence electrons. The number of rotatable bonds is 5. The maximum absolute atomic E-state index is 11.1. The van der Waals surface area contributed by atoms with Crippen LogP contribution in [0.1, 0.15) is 20.8 Å². The summed E-state index contributed by atoms with van der Waals surface area (Å²) in [5.41, 5.74) is 0. The number of hydrogen-bond acceptors (Lipinski definition) is 6. The van der Waals surface area contributed by atoms with Crippen molar-refractivity contribution >= 4 is 17.9 Å². The Hall–Kier alpha value is -1.85. The second-order valence-corrected chi connectivity index (χ2v) is 3.45. The molecule has 0 aliphatic carbocycles. The first kappa shape index (κ1) is 15.2. The van der Waals surface area contributed by atoms with Crippen molar-refractivity contribution in [3.8, 4) is 0 Å². The fraction of sp³-hybridized carbons (Fsp3) is 0.545. The van der Waals surface area contributed by atoms with Crippen LogP contribution in [0.15, 0.2) is 12.2 Å². The Morgan fingerprint density at radius 1 is 0.941 bits per heavy atom. The Balaban J connectivity index is 4.08. The third-order valence-corrected chi connectivity index (χ3v) is 1.59. The van der Waals surface area contributed by atoms with Gasteiger partial charge < -0.3 is 14.2 Å². The van der Waals surface area contributed by atoms with Crippen molar-refractivity contribution in [3.05, 3.63) is 12.2 Å². The Morgan fingerprint density at radius 2 is 1.47 bits per heavy atom. The fourth-order valence-corrected chi connectivity index (χ4v) is 0.731. The van der Waals surface area contributed by atoms with Crippen molar-refractivity contribution in [2.75, 3.05) is 7.11 Å². The molecule has 0 aliphatic heterocycles. The summed E-state index contributed by atoms with van der Waals surface area (Å²) in [5.74, 6) is -2.24. The van der Waals surface area contributed by atoms with E-state index >= 15 is 0 Å². The summed E-state index contributed by atoms with van der Waals surface area (Å²) in [6, 6.07) is 0. The predicted octanol–water partition coefficient (Wildman–Crippen LogP) is 0.804. The molecule has 0 radical (unpaired) electrons. The van der Waals surface area contributed by atoms with Gasteiger partial charge in [0.1, 0.15) is 0 Å². The van der Waals surface area contributed by atoms with Crippen LogP contribution in [-0.4, -0.2) is 31.3 Å². The Kier molecular flexibility index (Phi) is 6.62. The van der Waals surface area contributed by atoms with Gasteiger partial charge in [0.15, 0.2) is 0 Å². The zero-order chi connectivity index (χ0) is 13.4. The van der Waals surface area contributed by atoms with Gasteiger partial charge in [-0.3, -0.25) is 4.79 Å². The van der Waals surface area contributed by atoms with E-state index in [1.54, 1.807) is 13.8 Å². The molecule has 0 saturated carbocycles. The van der Waals surface area contributed by atoms with Gasteiger partial charge in [0, 0.05) is 19.1 Å². The number of methoxy groups -OCH3 is 1. The Morgan fingerprint density at radius 3 is 1.94 bits per heavy atom. The molecule has 6 nitrogen and oxygen atoms in total. The van der Waals surface area contributed by atoms with Gasteiger partial charge in [0.25, 0.3) is 0 Å². The van der Waals surface area contributed by atoms with Crippen LogP contribution >= 0.6 is 0 Å². The van der Waals surface area contributed by atoms with Crippen LogP contribution < -0.4 is 0 Å². The highest BCUT2D eigenvalue weighted by molar-refractivity contribution is 5.91. The van der Waals surface area contributed by atoms with E-state index in [-0.39, 0.29) is 5.92 Å². The highest BCUT2D eigenvalue weighted by Gasteiger charge is 2.15. The van der Waals surface area contributed by atoms with Crippen molar-refractivity contribution in [1.29, 1.82) is 0 Å². The lowest BCUT2D eigenvalue weighted by Crippen LogP contribution is -2.23. The van der Waals surface area contributed by atoms with Crippen LogP contribution in [0.4, 0.5) is 0 Å². The lowest BCUT2D eigenvalue weighted by atomic mass is 10.2. The van der Waals surface area contributed by atoms with E-state index in [0.29, 0.717) is 0 Å². The summed E-state index contributed by atoms with van der Waals surface area (Å²) in [6.45, 7) is 4.73. The maximum atomic E-state index is 11.1. The largest absolute Gasteiger partial charge is 0.466 e. The van der Waals surface area contributed by atoms with Gasteiger partial charge in [0.2, 0.25) is 6.29 Å². The van der Waals surface area contributed by atoms with Gasteiger partial charge in [-0.05, 0) is 0 Å². The molecule has 0 N–H and O–H groups in total. The summed E-state index contributed by atoms with van der Waals surface area (Å²) >= 11 is 0. The summed E-state index contributed by atoms with van der Waals surface area (Å²) in [4.78, 5) is 32.9. The van der Waals surface area contributed by atoms with E-state index < -0.39 is 24.2 Å². The second kappa shape index (κ2) is 7.43. The first-order valence-electron chi connectivity index (χ1n) is 5.04. The molecule has 0 amide bonds. The molecule has 6 heteroatoms. The minimum Gasteiger partial charge on any atom is -0.466 e. The van der Waals surface area contributed by atoms with Crippen molar-refractivity contribution in [3.63, 3.8) is 0 Å². The van der Waals surface area contributed by atoms with E-state index in [1.165, 1.54) is 14.0 Å². The maximum Gasteiger partial charge on any atom is 0.334 e. The highest BCUT2D eigenvalue weighted by Crippen LogP contribution is 2.02. The van der Waals surface area contributed by atoms with Gasteiger partial charge in [-0.25, -0.2) is 9.59 Å². The second-order valence-electron chi connectivity index (χ2n) is 3.45. The van der Waals surface area contributed by atoms with Gasteiger partial charge in [-0.15, -0.1) is 0 Å². The molecule has 0 aromatic heterocycles. The van der Waals surface area contributed by atoms with Crippen molar-refractivity contribution in [2.24, 2.45) is 5.92 Å². The SMILES string of the molecule is COC(=O)C=CC(=O)OC(C)OC(=O)C(C)C. The number of ether oxygens (including phenoxy) is 3. The first-order chi connectivity index (χ1) is 7.86. The summed E-state index contributed by atoms with van der Waals surface area (Å²) in [6.07, 6.45) is 0.810. The number of carbonyl (C=O) groups excluding carboxylic acids is 3. The van der Waals surface area contributed by atoms with Crippen molar-refractivity contribution in [2.45, 2.75) is 27.1 Å². The standard InChI is InChI=1S/C11H16O6/c1-7(2)11(14)17-8(3)16-10(13)6-5-9(12)15-4/h5-8H,1-4H3. The number of esters is 3. The third-order valence-electron chi connectivity index (χ3n) is 1.59. The van der Waals surface area contributed by atoms with Crippen molar-refractivity contribution in [1.82, 2.24) is 0 Å². The summed E-state index contributed by atoms with van der Waals surface area (Å²) < 4.78 is 13.8. The molecule has 0 heterocycles. The van der Waals surface area contributed by atoms with Crippen LogP contribution in [0.5, 0.6) is 0 Å². The monoisotopic (exact) mass is 244 g/mol. The lowest BCUT2D eigenvalue weighted by molar-refractivity contribution is -0.183. The van der Waals surface area contributed by atoms with E-state index in [9.17, 15) is 14.4 Å². The smallest absolute Gasteiger partial charge is 0.334 e. The van der Waals surface area contributed by atoms with Crippen LogP contribution in [-0.2, 0) is 28.6 Å². The lowest BCUT2D eigenvalue weighted by Gasteiger charge is -2.14. The Labute approximate surface area is 99.5 Å². The normalized spacial score (nSPS) is 12.3. The van der Waals surface area contributed by atoms with Gasteiger partial charge >= 0.3 is 17.9 Å². The number of carbonyl (C=O) groups is 3. The molecule has 0 rings (SSSR count). The number of hydrogen-bond donors (Lipinski definition) is 0. The van der Waals surface area contributed by atoms with Crippen LogP contribution in [0.25, 0.3) is 0 Å².